The summed E-state index contributed by atoms with van der Waals surface area (Å²) in [5.74, 6) is 0.0471. The van der Waals surface area contributed by atoms with Gasteiger partial charge in [-0.3, -0.25) is 14.5 Å². The van der Waals surface area contributed by atoms with E-state index < -0.39 is 5.97 Å². The van der Waals surface area contributed by atoms with Gasteiger partial charge in [-0.2, -0.15) is 0 Å². The Morgan fingerprint density at radius 1 is 1.29 bits per heavy atom. The standard InChI is InChI=1S/C18H26N2O4/c1-20-12-15-11-14(6-8-18(22)23)5-7-16(15)24-10-4-2-3-9-19-17(21)13-20/h5,7,11H,2-4,6,8-10,12-13H2,1H3,(H,19,21)(H,22,23). The number of amides is 1. The highest BCUT2D eigenvalue weighted by molar-refractivity contribution is 5.77. The summed E-state index contributed by atoms with van der Waals surface area (Å²) < 4.78 is 5.91. The van der Waals surface area contributed by atoms with Crippen molar-refractivity contribution in [1.82, 2.24) is 10.2 Å². The van der Waals surface area contributed by atoms with Crippen LogP contribution in [-0.4, -0.2) is 48.6 Å². The molecule has 0 saturated heterocycles. The van der Waals surface area contributed by atoms with Crippen molar-refractivity contribution in [3.63, 3.8) is 0 Å². The number of nitrogens with one attached hydrogen (secondary N) is 1. The number of hydrogen-bond donors (Lipinski definition) is 2. The Morgan fingerprint density at radius 3 is 2.92 bits per heavy atom. The zero-order chi connectivity index (χ0) is 17.4. The first kappa shape index (κ1) is 18.3. The number of rotatable bonds is 3. The summed E-state index contributed by atoms with van der Waals surface area (Å²) in [5, 5.41) is 11.8. The number of aryl methyl sites for hydroxylation is 1. The number of likely N-dealkylation sites (N-methyl/N-ethyl adjacent to an activating group) is 1. The van der Waals surface area contributed by atoms with Gasteiger partial charge in [0.2, 0.25) is 5.91 Å². The van der Waals surface area contributed by atoms with Crippen LogP contribution in [0.1, 0.15) is 36.8 Å². The molecule has 0 bridgehead atoms. The number of carbonyl (C=O) groups is 2. The number of ether oxygens (including phenoxy) is 1. The molecule has 24 heavy (non-hydrogen) atoms. The van der Waals surface area contributed by atoms with E-state index in [2.05, 4.69) is 5.32 Å². The van der Waals surface area contributed by atoms with E-state index in [9.17, 15) is 9.59 Å². The van der Waals surface area contributed by atoms with Gasteiger partial charge in [0.1, 0.15) is 5.75 Å². The van der Waals surface area contributed by atoms with E-state index in [0.717, 1.165) is 36.1 Å². The zero-order valence-electron chi connectivity index (χ0n) is 14.2. The van der Waals surface area contributed by atoms with Crippen molar-refractivity contribution in [2.24, 2.45) is 0 Å². The third-order valence-electron chi connectivity index (χ3n) is 4.01. The van der Waals surface area contributed by atoms with E-state index >= 15 is 0 Å². The van der Waals surface area contributed by atoms with Crippen LogP contribution < -0.4 is 10.1 Å². The van der Waals surface area contributed by atoms with Gasteiger partial charge in [-0.1, -0.05) is 12.1 Å². The van der Waals surface area contributed by atoms with Gasteiger partial charge in [-0.15, -0.1) is 0 Å². The second kappa shape index (κ2) is 9.27. The van der Waals surface area contributed by atoms with Crippen LogP contribution in [0.3, 0.4) is 0 Å². The Labute approximate surface area is 142 Å². The summed E-state index contributed by atoms with van der Waals surface area (Å²) in [5.41, 5.74) is 1.97. The Hall–Kier alpha value is -2.08. The molecule has 1 aromatic carbocycles. The molecule has 0 saturated carbocycles. The molecule has 6 nitrogen and oxygen atoms in total. The van der Waals surface area contributed by atoms with Crippen LogP contribution >= 0.6 is 0 Å². The van der Waals surface area contributed by atoms with Gasteiger partial charge in [0.05, 0.1) is 13.2 Å². The van der Waals surface area contributed by atoms with Crippen LogP contribution in [-0.2, 0) is 22.6 Å². The minimum absolute atomic E-state index is 0.0289. The molecule has 0 spiro atoms. The van der Waals surface area contributed by atoms with E-state index in [0.29, 0.717) is 32.7 Å². The maximum Gasteiger partial charge on any atom is 0.303 e. The van der Waals surface area contributed by atoms with Crippen LogP contribution in [0.25, 0.3) is 0 Å². The summed E-state index contributed by atoms with van der Waals surface area (Å²) in [4.78, 5) is 24.6. The molecule has 1 aromatic rings. The first-order valence-corrected chi connectivity index (χ1v) is 8.46. The molecule has 0 radical (unpaired) electrons. The summed E-state index contributed by atoms with van der Waals surface area (Å²) in [6, 6.07) is 5.83. The number of fused-ring (bicyclic) bond motifs is 1. The van der Waals surface area contributed by atoms with Crippen molar-refractivity contribution in [3.05, 3.63) is 29.3 Å². The number of carboxylic acids is 1. The molecule has 0 unspecified atom stereocenters. The molecular weight excluding hydrogens is 308 g/mol. The van der Waals surface area contributed by atoms with Gasteiger partial charge in [0.15, 0.2) is 0 Å². The first-order chi connectivity index (χ1) is 11.5. The molecule has 1 amide bonds. The average molecular weight is 334 g/mol. The maximum atomic E-state index is 11.9. The van der Waals surface area contributed by atoms with Crippen LogP contribution in [0.15, 0.2) is 18.2 Å². The predicted octanol–water partition coefficient (Wildman–Crippen LogP) is 1.81. The fourth-order valence-corrected chi connectivity index (χ4v) is 2.77. The number of nitrogens with zero attached hydrogens (tertiary/aromatic N) is 1. The van der Waals surface area contributed by atoms with Crippen molar-refractivity contribution < 1.29 is 19.4 Å². The van der Waals surface area contributed by atoms with E-state index in [1.165, 1.54) is 0 Å². The zero-order valence-corrected chi connectivity index (χ0v) is 14.2. The molecule has 1 heterocycles. The Morgan fingerprint density at radius 2 is 2.12 bits per heavy atom. The van der Waals surface area contributed by atoms with E-state index in [1.54, 1.807) is 0 Å². The highest BCUT2D eigenvalue weighted by Gasteiger charge is 2.12. The third-order valence-corrected chi connectivity index (χ3v) is 4.01. The van der Waals surface area contributed by atoms with Crippen molar-refractivity contribution in [2.75, 3.05) is 26.7 Å². The average Bonchev–Trinajstić information content (AvgIpc) is 2.53. The summed E-state index contributed by atoms with van der Waals surface area (Å²) in [6.45, 7) is 2.28. The molecule has 2 N–H and O–H groups in total. The van der Waals surface area contributed by atoms with Crippen LogP contribution in [0.2, 0.25) is 0 Å². The third kappa shape index (κ3) is 6.20. The van der Waals surface area contributed by atoms with E-state index in [1.807, 2.05) is 30.1 Å². The predicted molar refractivity (Wildman–Crippen MR) is 91.1 cm³/mol. The lowest BCUT2D eigenvalue weighted by molar-refractivity contribution is -0.137. The Kier molecular flexibility index (Phi) is 7.06. The summed E-state index contributed by atoms with van der Waals surface area (Å²) in [6.07, 6.45) is 3.53. The summed E-state index contributed by atoms with van der Waals surface area (Å²) in [7, 11) is 1.90. The van der Waals surface area contributed by atoms with Crippen molar-refractivity contribution in [3.8, 4) is 5.75 Å². The van der Waals surface area contributed by atoms with Crippen molar-refractivity contribution >= 4 is 11.9 Å². The minimum atomic E-state index is -0.802. The smallest absolute Gasteiger partial charge is 0.303 e. The Bertz CT molecular complexity index is 574. The van der Waals surface area contributed by atoms with Gasteiger partial charge in [0.25, 0.3) is 0 Å². The highest BCUT2D eigenvalue weighted by atomic mass is 16.5. The number of carboxylic acid groups (broad SMARTS) is 1. The van der Waals surface area contributed by atoms with Crippen LogP contribution in [0.4, 0.5) is 0 Å². The van der Waals surface area contributed by atoms with Crippen LogP contribution in [0, 0.1) is 0 Å². The quantitative estimate of drug-likeness (QED) is 0.881. The number of aliphatic carboxylic acids is 1. The van der Waals surface area contributed by atoms with Crippen molar-refractivity contribution in [2.45, 2.75) is 38.6 Å². The van der Waals surface area contributed by atoms with Gasteiger partial charge >= 0.3 is 5.97 Å². The molecule has 1 aliphatic rings. The molecule has 2 rings (SSSR count). The van der Waals surface area contributed by atoms with Crippen LogP contribution in [0.5, 0.6) is 5.75 Å². The van der Waals surface area contributed by atoms with Gasteiger partial charge in [0, 0.05) is 25.1 Å². The van der Waals surface area contributed by atoms with Gasteiger partial charge in [-0.25, -0.2) is 0 Å². The molecular formula is C18H26N2O4. The minimum Gasteiger partial charge on any atom is -0.493 e. The molecule has 0 aliphatic carbocycles. The monoisotopic (exact) mass is 334 g/mol. The molecule has 0 fully saturated rings. The van der Waals surface area contributed by atoms with E-state index in [-0.39, 0.29) is 12.3 Å². The molecule has 0 atom stereocenters. The molecule has 6 heteroatoms. The fraction of sp³-hybridized carbons (Fsp3) is 0.556. The molecule has 0 aromatic heterocycles. The number of hydrogen-bond acceptors (Lipinski definition) is 4. The highest BCUT2D eigenvalue weighted by Crippen LogP contribution is 2.23. The Balaban J connectivity index is 2.14. The second-order valence-electron chi connectivity index (χ2n) is 6.27. The lowest BCUT2D eigenvalue weighted by Crippen LogP contribution is -2.35. The fourth-order valence-electron chi connectivity index (χ4n) is 2.77. The second-order valence-corrected chi connectivity index (χ2v) is 6.27. The normalized spacial score (nSPS) is 17.5. The number of carbonyl (C=O) groups excluding carboxylic acids is 1. The number of benzene rings is 1. The SMILES string of the molecule is CN1CC(=O)NCCCCCOc2ccc(CCC(=O)O)cc2C1. The first-order valence-electron chi connectivity index (χ1n) is 8.46. The largest absolute Gasteiger partial charge is 0.493 e. The lowest BCUT2D eigenvalue weighted by atomic mass is 10.0. The van der Waals surface area contributed by atoms with E-state index in [4.69, 9.17) is 9.84 Å². The summed E-state index contributed by atoms with van der Waals surface area (Å²) >= 11 is 0. The molecule has 1 aliphatic heterocycles. The lowest BCUT2D eigenvalue weighted by Gasteiger charge is -2.19. The molecule has 132 valence electrons. The van der Waals surface area contributed by atoms with Crippen molar-refractivity contribution in [1.29, 1.82) is 0 Å². The van der Waals surface area contributed by atoms with Gasteiger partial charge in [-0.05, 0) is 44.4 Å². The van der Waals surface area contributed by atoms with Gasteiger partial charge < -0.3 is 15.2 Å². The maximum absolute atomic E-state index is 11.9. The topological polar surface area (TPSA) is 78.9 Å².